The summed E-state index contributed by atoms with van der Waals surface area (Å²) in [7, 11) is 0. The van der Waals surface area contributed by atoms with Crippen LogP contribution >= 0.6 is 11.6 Å². The van der Waals surface area contributed by atoms with Crippen molar-refractivity contribution in [2.45, 2.75) is 19.9 Å². The zero-order valence-electron chi connectivity index (χ0n) is 8.85. The topological polar surface area (TPSA) is 37.3 Å². The minimum atomic E-state index is -0.925. The van der Waals surface area contributed by atoms with Crippen molar-refractivity contribution in [1.29, 1.82) is 0 Å². The number of benzene rings is 1. The average molecular weight is 229 g/mol. The molecule has 1 amide bonds. The van der Waals surface area contributed by atoms with E-state index in [1.165, 1.54) is 0 Å². The second kappa shape index (κ2) is 4.64. The van der Waals surface area contributed by atoms with Gasteiger partial charge < -0.3 is 5.11 Å². The molecule has 0 spiro atoms. The number of carbonyl (C=O) groups is 1. The predicted molar refractivity (Wildman–Crippen MR) is 62.1 cm³/mol. The number of halogens is 1. The molecule has 82 valence electrons. The van der Waals surface area contributed by atoms with E-state index in [1.54, 1.807) is 12.1 Å². The van der Waals surface area contributed by atoms with Gasteiger partial charge in [-0.05, 0) is 26.0 Å². The molecule has 0 radical (unpaired) electrons. The van der Waals surface area contributed by atoms with E-state index < -0.39 is 6.09 Å². The summed E-state index contributed by atoms with van der Waals surface area (Å²) in [5, 5.41) is 9.34. The van der Waals surface area contributed by atoms with Crippen LogP contribution in [0.4, 0.5) is 10.5 Å². The molecule has 0 saturated carbocycles. The van der Waals surface area contributed by atoms with Crippen LogP contribution in [0.2, 0.25) is 0 Å². The quantitative estimate of drug-likeness (QED) is 0.490. The van der Waals surface area contributed by atoms with Crippen molar-refractivity contribution < 1.29 is 9.90 Å². The zero-order valence-corrected chi connectivity index (χ0v) is 9.61. The molecule has 1 rings (SSSR count). The number of amides is 1. The van der Waals surface area contributed by atoms with Crippen LogP contribution in [0, 0.1) is 0 Å². The van der Waals surface area contributed by atoms with Crippen molar-refractivity contribution in [3.05, 3.63) is 30.3 Å². The summed E-state index contributed by atoms with van der Waals surface area (Å²) < 4.78 is -0.248. The molecule has 1 N–H and O–H groups in total. The van der Waals surface area contributed by atoms with Crippen LogP contribution in [-0.4, -0.2) is 23.2 Å². The molecule has 1 aromatic carbocycles. The van der Waals surface area contributed by atoms with Gasteiger partial charge in [-0.15, -0.1) is 0 Å². The molecule has 0 aliphatic heterocycles. The van der Waals surface area contributed by atoms with E-state index in [2.05, 4.69) is 0 Å². The van der Waals surface area contributed by atoms with Crippen LogP contribution in [0.5, 0.6) is 0 Å². The Morgan fingerprint density at radius 3 is 2.27 bits per heavy atom. The van der Waals surface area contributed by atoms with Crippen LogP contribution in [0.15, 0.2) is 30.3 Å². The van der Waals surface area contributed by atoms with Gasteiger partial charge in [0.25, 0.3) is 0 Å². The number of rotatable bonds is 3. The summed E-state index contributed by atoms with van der Waals surface area (Å²) >= 11 is 5.84. The van der Waals surface area contributed by atoms with E-state index in [9.17, 15) is 9.90 Å². The van der Waals surface area contributed by atoms with E-state index >= 15 is 0 Å². The minimum Gasteiger partial charge on any atom is -0.435 e. The first-order valence-corrected chi connectivity index (χ1v) is 5.32. The Kier molecular flexibility index (Phi) is 3.72. The molecule has 4 heteroatoms. The molecule has 0 fully saturated rings. The largest absolute Gasteiger partial charge is 0.519 e. The van der Waals surface area contributed by atoms with E-state index in [4.69, 9.17) is 11.6 Å². The molecular formula is C11H15ClNO2+. The number of hydrogen-bond donors (Lipinski definition) is 1. The van der Waals surface area contributed by atoms with Gasteiger partial charge in [-0.1, -0.05) is 29.8 Å². The van der Waals surface area contributed by atoms with Crippen molar-refractivity contribution in [3.63, 3.8) is 0 Å². The first-order chi connectivity index (χ1) is 7.05. The predicted octanol–water partition coefficient (Wildman–Crippen LogP) is 3.28. The molecule has 0 saturated heterocycles. The Bertz CT molecular complexity index is 340. The normalized spacial score (nSPS) is 14.9. The smallest absolute Gasteiger partial charge is 0.435 e. The van der Waals surface area contributed by atoms with Crippen LogP contribution in [-0.2, 0) is 0 Å². The summed E-state index contributed by atoms with van der Waals surface area (Å²) in [6.45, 7) is 3.70. The van der Waals surface area contributed by atoms with Crippen molar-refractivity contribution in [1.82, 2.24) is 4.48 Å². The monoisotopic (exact) mass is 228 g/mol. The van der Waals surface area contributed by atoms with Crippen LogP contribution < -0.4 is 4.48 Å². The van der Waals surface area contributed by atoms with Crippen molar-refractivity contribution >= 4 is 23.4 Å². The summed E-state index contributed by atoms with van der Waals surface area (Å²) in [4.78, 5) is 11.4. The Morgan fingerprint density at radius 1 is 1.40 bits per heavy atom. The minimum absolute atomic E-state index is 0.0248. The van der Waals surface area contributed by atoms with Crippen LogP contribution in [0.3, 0.4) is 0 Å². The number of quaternary nitrogens is 1. The van der Waals surface area contributed by atoms with Gasteiger partial charge in [0.05, 0.1) is 6.04 Å². The average Bonchev–Trinajstić information content (AvgIpc) is 2.20. The van der Waals surface area contributed by atoms with E-state index in [-0.39, 0.29) is 16.5 Å². The van der Waals surface area contributed by atoms with Gasteiger partial charge in [-0.25, -0.2) is 0 Å². The van der Waals surface area contributed by atoms with E-state index in [0.717, 1.165) is 0 Å². The lowest BCUT2D eigenvalue weighted by atomic mass is 10.2. The second-order valence-electron chi connectivity index (χ2n) is 3.70. The highest BCUT2D eigenvalue weighted by Gasteiger charge is 2.41. The summed E-state index contributed by atoms with van der Waals surface area (Å²) in [5.74, 6) is 0. The summed E-state index contributed by atoms with van der Waals surface area (Å²) in [5.41, 5.74) is 0.704. The zero-order chi connectivity index (χ0) is 11.5. The third-order valence-electron chi connectivity index (χ3n) is 2.63. The van der Waals surface area contributed by atoms with Crippen molar-refractivity contribution in [2.75, 3.05) is 6.00 Å². The SMILES string of the molecule is CC(C)[N+](CCl)(C(=O)O)c1ccccc1. The number of para-hydroxylation sites is 1. The fraction of sp³-hybridized carbons (Fsp3) is 0.364. The lowest BCUT2D eigenvalue weighted by Crippen LogP contribution is -2.57. The lowest BCUT2D eigenvalue weighted by molar-refractivity contribution is 0.142. The standard InChI is InChI=1S/C11H14ClNO2/c1-9(2)13(8-12,11(14)15)10-6-4-3-5-7-10/h3-7,9H,8H2,1-2H3/p+1. The Balaban J connectivity index is 3.28. The maximum absolute atomic E-state index is 11.4. The number of carboxylic acid groups (broad SMARTS) is 1. The molecule has 0 aliphatic rings. The third-order valence-corrected chi connectivity index (χ3v) is 3.01. The van der Waals surface area contributed by atoms with Crippen molar-refractivity contribution in [3.8, 4) is 0 Å². The van der Waals surface area contributed by atoms with Gasteiger partial charge in [-0.2, -0.15) is 9.28 Å². The van der Waals surface area contributed by atoms with Crippen LogP contribution in [0.25, 0.3) is 0 Å². The molecule has 0 bridgehead atoms. The fourth-order valence-corrected chi connectivity index (χ4v) is 2.10. The highest BCUT2D eigenvalue weighted by atomic mass is 35.5. The van der Waals surface area contributed by atoms with Gasteiger partial charge in [0.1, 0.15) is 5.69 Å². The first kappa shape index (κ1) is 12.0. The Morgan fingerprint density at radius 2 is 1.93 bits per heavy atom. The molecule has 1 aromatic rings. The molecular weight excluding hydrogens is 214 g/mol. The Labute approximate surface area is 94.5 Å². The molecule has 0 aromatic heterocycles. The summed E-state index contributed by atoms with van der Waals surface area (Å²) in [6.07, 6.45) is -0.925. The Hall–Kier alpha value is -1.06. The summed E-state index contributed by atoms with van der Waals surface area (Å²) in [6, 6.07) is 8.99. The molecule has 1 unspecified atom stereocenters. The molecule has 0 heterocycles. The molecule has 3 nitrogen and oxygen atoms in total. The highest BCUT2D eigenvalue weighted by molar-refractivity contribution is 6.19. The van der Waals surface area contributed by atoms with Crippen LogP contribution in [0.1, 0.15) is 13.8 Å². The van der Waals surface area contributed by atoms with Gasteiger partial charge in [0.15, 0.2) is 6.00 Å². The van der Waals surface area contributed by atoms with Gasteiger partial charge in [0.2, 0.25) is 0 Å². The highest BCUT2D eigenvalue weighted by Crippen LogP contribution is 2.27. The number of nitrogens with zero attached hydrogens (tertiary/aromatic N) is 1. The maximum Gasteiger partial charge on any atom is 0.519 e. The third kappa shape index (κ3) is 1.98. The van der Waals surface area contributed by atoms with E-state index in [0.29, 0.717) is 5.69 Å². The number of hydrogen-bond acceptors (Lipinski definition) is 1. The van der Waals surface area contributed by atoms with E-state index in [1.807, 2.05) is 32.0 Å². The second-order valence-corrected chi connectivity index (χ2v) is 3.94. The molecule has 0 aliphatic carbocycles. The fourth-order valence-electron chi connectivity index (χ4n) is 1.58. The molecule has 15 heavy (non-hydrogen) atoms. The van der Waals surface area contributed by atoms with Gasteiger partial charge in [-0.3, -0.25) is 0 Å². The van der Waals surface area contributed by atoms with Crippen molar-refractivity contribution in [2.24, 2.45) is 0 Å². The number of alkyl halides is 1. The van der Waals surface area contributed by atoms with Gasteiger partial charge >= 0.3 is 6.09 Å². The molecule has 1 atom stereocenters. The van der Waals surface area contributed by atoms with Gasteiger partial charge in [0, 0.05) is 0 Å². The maximum atomic E-state index is 11.4. The lowest BCUT2D eigenvalue weighted by Gasteiger charge is -2.33. The first-order valence-electron chi connectivity index (χ1n) is 4.78.